The number of sulfonamides is 1. The standard InChI is InChI=1S/C18H18FN3O2S2/c1-13-3-2-4-16-17(13)20-18(25-16)21-9-11-22(12-10-21)26(23,24)15-7-5-14(19)6-8-15/h2-8H,9-12H2,1H3. The summed E-state index contributed by atoms with van der Waals surface area (Å²) in [7, 11) is -3.59. The maximum atomic E-state index is 13.1. The first-order chi connectivity index (χ1) is 12.4. The van der Waals surface area contributed by atoms with Crippen molar-refractivity contribution in [2.45, 2.75) is 11.8 Å². The summed E-state index contributed by atoms with van der Waals surface area (Å²) in [6.07, 6.45) is 0. The molecule has 26 heavy (non-hydrogen) atoms. The average Bonchev–Trinajstić information content (AvgIpc) is 3.08. The predicted octanol–water partition coefficient (Wildman–Crippen LogP) is 3.25. The maximum Gasteiger partial charge on any atom is 0.243 e. The van der Waals surface area contributed by atoms with Crippen LogP contribution in [0.4, 0.5) is 9.52 Å². The van der Waals surface area contributed by atoms with Crippen LogP contribution in [0.1, 0.15) is 5.56 Å². The summed E-state index contributed by atoms with van der Waals surface area (Å²) in [5.41, 5.74) is 2.15. The molecule has 1 aliphatic rings. The van der Waals surface area contributed by atoms with Crippen LogP contribution < -0.4 is 4.90 Å². The zero-order chi connectivity index (χ0) is 18.3. The first-order valence-electron chi connectivity index (χ1n) is 8.32. The fourth-order valence-corrected chi connectivity index (χ4v) is 5.60. The van der Waals surface area contributed by atoms with Crippen LogP contribution >= 0.6 is 11.3 Å². The molecule has 0 spiro atoms. The number of piperazine rings is 1. The molecule has 2 aromatic carbocycles. The van der Waals surface area contributed by atoms with Crippen LogP contribution in [-0.2, 0) is 10.0 Å². The van der Waals surface area contributed by atoms with E-state index >= 15 is 0 Å². The predicted molar refractivity (Wildman–Crippen MR) is 102 cm³/mol. The van der Waals surface area contributed by atoms with Gasteiger partial charge in [-0.3, -0.25) is 0 Å². The van der Waals surface area contributed by atoms with E-state index < -0.39 is 15.8 Å². The van der Waals surface area contributed by atoms with E-state index in [1.165, 1.54) is 28.6 Å². The van der Waals surface area contributed by atoms with Crippen molar-refractivity contribution in [3.63, 3.8) is 0 Å². The van der Waals surface area contributed by atoms with Crippen molar-refractivity contribution in [3.8, 4) is 0 Å². The SMILES string of the molecule is Cc1cccc2sc(N3CCN(S(=O)(=O)c4ccc(F)cc4)CC3)nc12. The summed E-state index contributed by atoms with van der Waals surface area (Å²) >= 11 is 1.63. The lowest BCUT2D eigenvalue weighted by Crippen LogP contribution is -2.48. The smallest absolute Gasteiger partial charge is 0.243 e. The van der Waals surface area contributed by atoms with Gasteiger partial charge in [0.25, 0.3) is 0 Å². The number of aromatic nitrogens is 1. The summed E-state index contributed by atoms with van der Waals surface area (Å²) in [6, 6.07) is 11.1. The number of thiazole rings is 1. The van der Waals surface area contributed by atoms with Gasteiger partial charge in [-0.2, -0.15) is 4.31 Å². The summed E-state index contributed by atoms with van der Waals surface area (Å²) in [5, 5.41) is 0.924. The van der Waals surface area contributed by atoms with Crippen LogP contribution in [0.5, 0.6) is 0 Å². The molecule has 5 nitrogen and oxygen atoms in total. The topological polar surface area (TPSA) is 53.5 Å². The highest BCUT2D eigenvalue weighted by atomic mass is 32.2. The van der Waals surface area contributed by atoms with Gasteiger partial charge >= 0.3 is 0 Å². The van der Waals surface area contributed by atoms with Gasteiger partial charge in [-0.25, -0.2) is 17.8 Å². The van der Waals surface area contributed by atoms with Crippen molar-refractivity contribution in [2.24, 2.45) is 0 Å². The van der Waals surface area contributed by atoms with Crippen molar-refractivity contribution < 1.29 is 12.8 Å². The highest BCUT2D eigenvalue weighted by Crippen LogP contribution is 2.31. The Morgan fingerprint density at radius 3 is 2.38 bits per heavy atom. The monoisotopic (exact) mass is 391 g/mol. The number of hydrogen-bond donors (Lipinski definition) is 0. The van der Waals surface area contributed by atoms with Gasteiger partial charge in [-0.1, -0.05) is 23.5 Å². The number of anilines is 1. The Balaban J connectivity index is 1.51. The van der Waals surface area contributed by atoms with E-state index in [0.717, 1.165) is 20.9 Å². The zero-order valence-corrected chi connectivity index (χ0v) is 15.9. The second kappa shape index (κ2) is 6.61. The molecule has 1 fully saturated rings. The Morgan fingerprint density at radius 2 is 1.73 bits per heavy atom. The fraction of sp³-hybridized carbons (Fsp3) is 0.278. The van der Waals surface area contributed by atoms with Gasteiger partial charge in [0.1, 0.15) is 5.82 Å². The van der Waals surface area contributed by atoms with E-state index in [4.69, 9.17) is 4.98 Å². The maximum absolute atomic E-state index is 13.1. The van der Waals surface area contributed by atoms with E-state index in [1.807, 2.05) is 19.1 Å². The number of fused-ring (bicyclic) bond motifs is 1. The molecule has 0 N–H and O–H groups in total. The van der Waals surface area contributed by atoms with E-state index in [2.05, 4.69) is 11.0 Å². The van der Waals surface area contributed by atoms with E-state index in [-0.39, 0.29) is 4.90 Å². The number of benzene rings is 2. The minimum absolute atomic E-state index is 0.128. The Hall–Kier alpha value is -2.03. The lowest BCUT2D eigenvalue weighted by atomic mass is 10.2. The molecule has 4 rings (SSSR count). The van der Waals surface area contributed by atoms with Crippen molar-refractivity contribution in [1.29, 1.82) is 0 Å². The largest absolute Gasteiger partial charge is 0.345 e. The summed E-state index contributed by atoms with van der Waals surface area (Å²) < 4.78 is 41.0. The van der Waals surface area contributed by atoms with Crippen LogP contribution in [0.2, 0.25) is 0 Å². The first-order valence-corrected chi connectivity index (χ1v) is 10.6. The molecule has 3 aromatic rings. The molecular formula is C18H18FN3O2S2. The Labute approximate surface area is 155 Å². The molecule has 2 heterocycles. The van der Waals surface area contributed by atoms with Gasteiger partial charge in [0.15, 0.2) is 5.13 Å². The lowest BCUT2D eigenvalue weighted by molar-refractivity contribution is 0.385. The third kappa shape index (κ3) is 3.08. The summed E-state index contributed by atoms with van der Waals surface area (Å²) in [4.78, 5) is 6.98. The van der Waals surface area contributed by atoms with Crippen molar-refractivity contribution in [2.75, 3.05) is 31.1 Å². The molecule has 1 aliphatic heterocycles. The number of halogens is 1. The minimum Gasteiger partial charge on any atom is -0.345 e. The first kappa shape index (κ1) is 17.4. The van der Waals surface area contributed by atoms with Crippen molar-refractivity contribution >= 4 is 36.7 Å². The van der Waals surface area contributed by atoms with Gasteiger partial charge < -0.3 is 4.90 Å². The molecular weight excluding hydrogens is 373 g/mol. The number of para-hydroxylation sites is 1. The van der Waals surface area contributed by atoms with Crippen LogP contribution in [0.25, 0.3) is 10.2 Å². The molecule has 0 bridgehead atoms. The summed E-state index contributed by atoms with van der Waals surface area (Å²) in [5.74, 6) is -0.445. The van der Waals surface area contributed by atoms with E-state index in [1.54, 1.807) is 11.3 Å². The van der Waals surface area contributed by atoms with Crippen LogP contribution in [0, 0.1) is 12.7 Å². The molecule has 1 aromatic heterocycles. The van der Waals surface area contributed by atoms with E-state index in [9.17, 15) is 12.8 Å². The van der Waals surface area contributed by atoms with Gasteiger partial charge in [0, 0.05) is 26.2 Å². The molecule has 136 valence electrons. The molecule has 1 saturated heterocycles. The fourth-order valence-electron chi connectivity index (χ4n) is 3.09. The zero-order valence-electron chi connectivity index (χ0n) is 14.2. The molecule has 0 atom stereocenters. The summed E-state index contributed by atoms with van der Waals surface area (Å²) in [6.45, 7) is 3.97. The van der Waals surface area contributed by atoms with Crippen molar-refractivity contribution in [3.05, 3.63) is 53.8 Å². The Kier molecular flexibility index (Phi) is 4.42. The Morgan fingerprint density at radius 1 is 1.04 bits per heavy atom. The molecule has 8 heteroatoms. The molecule has 0 aliphatic carbocycles. The van der Waals surface area contributed by atoms with Crippen LogP contribution in [0.3, 0.4) is 0 Å². The van der Waals surface area contributed by atoms with Gasteiger partial charge in [0.05, 0.1) is 15.1 Å². The molecule has 0 amide bonds. The van der Waals surface area contributed by atoms with Gasteiger partial charge in [-0.15, -0.1) is 0 Å². The van der Waals surface area contributed by atoms with Gasteiger partial charge in [-0.05, 0) is 42.8 Å². The normalized spacial score (nSPS) is 16.3. The molecule has 0 unspecified atom stereocenters. The van der Waals surface area contributed by atoms with Crippen molar-refractivity contribution in [1.82, 2.24) is 9.29 Å². The van der Waals surface area contributed by atoms with Gasteiger partial charge in [0.2, 0.25) is 10.0 Å². The van der Waals surface area contributed by atoms with E-state index in [0.29, 0.717) is 26.2 Å². The second-order valence-electron chi connectivity index (χ2n) is 6.26. The third-order valence-corrected chi connectivity index (χ3v) is 7.56. The molecule has 0 radical (unpaired) electrons. The second-order valence-corrected chi connectivity index (χ2v) is 9.21. The highest BCUT2D eigenvalue weighted by Gasteiger charge is 2.29. The minimum atomic E-state index is -3.59. The van der Waals surface area contributed by atoms with Crippen LogP contribution in [0.15, 0.2) is 47.4 Å². The Bertz CT molecular complexity index is 1040. The highest BCUT2D eigenvalue weighted by molar-refractivity contribution is 7.89. The number of nitrogens with zero attached hydrogens (tertiary/aromatic N) is 3. The van der Waals surface area contributed by atoms with Crippen LogP contribution in [-0.4, -0.2) is 43.9 Å². The number of hydrogen-bond acceptors (Lipinski definition) is 5. The number of aryl methyl sites for hydroxylation is 1. The number of rotatable bonds is 3. The average molecular weight is 391 g/mol. The quantitative estimate of drug-likeness (QED) is 0.688. The third-order valence-electron chi connectivity index (χ3n) is 4.57. The molecule has 0 saturated carbocycles. The lowest BCUT2D eigenvalue weighted by Gasteiger charge is -2.33.